The largest absolute Gasteiger partial charge is 0.480 e. The Kier molecular flexibility index (Phi) is 8.11. The zero-order valence-corrected chi connectivity index (χ0v) is 18.9. The van der Waals surface area contributed by atoms with Crippen molar-refractivity contribution in [2.45, 2.75) is 75.5 Å². The van der Waals surface area contributed by atoms with Gasteiger partial charge in [0.15, 0.2) is 5.96 Å². The molecule has 4 atom stereocenters. The summed E-state index contributed by atoms with van der Waals surface area (Å²) in [7, 11) is 0. The van der Waals surface area contributed by atoms with Gasteiger partial charge in [0.2, 0.25) is 17.7 Å². The molecule has 12 heteroatoms. The van der Waals surface area contributed by atoms with Gasteiger partial charge < -0.3 is 37.0 Å². The van der Waals surface area contributed by atoms with Gasteiger partial charge in [-0.05, 0) is 51.4 Å². The lowest BCUT2D eigenvalue weighted by Crippen LogP contribution is -2.56. The molecule has 0 aromatic rings. The molecule has 3 rings (SSSR count). The maximum absolute atomic E-state index is 13.4. The molecule has 0 spiro atoms. The van der Waals surface area contributed by atoms with Crippen LogP contribution in [0.2, 0.25) is 0 Å². The predicted molar refractivity (Wildman–Crippen MR) is 120 cm³/mol. The monoisotopic (exact) mass is 465 g/mol. The number of rotatable bonds is 8. The van der Waals surface area contributed by atoms with E-state index in [1.807, 2.05) is 0 Å². The van der Waals surface area contributed by atoms with E-state index in [1.54, 1.807) is 4.90 Å². The van der Waals surface area contributed by atoms with E-state index in [4.69, 9.17) is 17.2 Å². The van der Waals surface area contributed by atoms with Gasteiger partial charge >= 0.3 is 5.97 Å². The van der Waals surface area contributed by atoms with Crippen molar-refractivity contribution in [3.05, 3.63) is 0 Å². The minimum Gasteiger partial charge on any atom is -0.480 e. The van der Waals surface area contributed by atoms with Crippen LogP contribution in [0.4, 0.5) is 0 Å². The van der Waals surface area contributed by atoms with Gasteiger partial charge in [0, 0.05) is 26.2 Å². The number of likely N-dealkylation sites (tertiary alicyclic amines) is 3. The Morgan fingerprint density at radius 1 is 0.848 bits per heavy atom. The van der Waals surface area contributed by atoms with E-state index in [1.165, 1.54) is 9.80 Å². The molecule has 3 aliphatic rings. The lowest BCUT2D eigenvalue weighted by atomic mass is 10.1. The molecule has 0 aromatic carbocycles. The fourth-order valence-corrected chi connectivity index (χ4v) is 5.10. The number of hydrogen-bond acceptors (Lipinski definition) is 6. The highest BCUT2D eigenvalue weighted by atomic mass is 16.4. The van der Waals surface area contributed by atoms with Gasteiger partial charge in [-0.25, -0.2) is 4.79 Å². The number of carbonyl (C=O) groups excluding carboxylic acids is 3. The van der Waals surface area contributed by atoms with Crippen LogP contribution in [-0.2, 0) is 19.2 Å². The summed E-state index contributed by atoms with van der Waals surface area (Å²) in [6.45, 7) is 1.62. The van der Waals surface area contributed by atoms with Crippen LogP contribution in [0.5, 0.6) is 0 Å². The zero-order valence-electron chi connectivity index (χ0n) is 18.9. The summed E-state index contributed by atoms with van der Waals surface area (Å²) < 4.78 is 0. The van der Waals surface area contributed by atoms with E-state index in [0.29, 0.717) is 77.5 Å². The van der Waals surface area contributed by atoms with Crippen molar-refractivity contribution in [3.8, 4) is 0 Å². The first kappa shape index (κ1) is 24.7. The molecule has 3 heterocycles. The number of carboxylic acids is 1. The van der Waals surface area contributed by atoms with Crippen LogP contribution >= 0.6 is 0 Å². The molecule has 3 amide bonds. The smallest absolute Gasteiger partial charge is 0.326 e. The number of nitrogens with two attached hydrogens (primary N) is 3. The van der Waals surface area contributed by atoms with Gasteiger partial charge in [0.1, 0.15) is 18.1 Å². The second-order valence-corrected chi connectivity index (χ2v) is 8.96. The molecule has 0 bridgehead atoms. The van der Waals surface area contributed by atoms with Crippen LogP contribution in [0, 0.1) is 0 Å². The second kappa shape index (κ2) is 10.8. The second-order valence-electron chi connectivity index (χ2n) is 8.96. The van der Waals surface area contributed by atoms with Crippen LogP contribution in [0.1, 0.15) is 51.4 Å². The first-order valence-corrected chi connectivity index (χ1v) is 11.7. The summed E-state index contributed by atoms with van der Waals surface area (Å²) >= 11 is 0. The van der Waals surface area contributed by atoms with Gasteiger partial charge in [-0.15, -0.1) is 0 Å². The average molecular weight is 466 g/mol. The minimum atomic E-state index is -1.02. The third-order valence-corrected chi connectivity index (χ3v) is 6.75. The molecule has 33 heavy (non-hydrogen) atoms. The van der Waals surface area contributed by atoms with Crippen molar-refractivity contribution in [3.63, 3.8) is 0 Å². The number of hydrogen-bond donors (Lipinski definition) is 4. The van der Waals surface area contributed by atoms with Crippen molar-refractivity contribution in [1.29, 1.82) is 0 Å². The van der Waals surface area contributed by atoms with Crippen molar-refractivity contribution in [2.24, 2.45) is 22.2 Å². The quantitative estimate of drug-likeness (QED) is 0.188. The first-order valence-electron chi connectivity index (χ1n) is 11.7. The third kappa shape index (κ3) is 5.55. The molecule has 4 unspecified atom stereocenters. The van der Waals surface area contributed by atoms with Crippen molar-refractivity contribution in [2.75, 3.05) is 26.2 Å². The number of amides is 3. The summed E-state index contributed by atoms with van der Waals surface area (Å²) in [5, 5.41) is 9.43. The highest BCUT2D eigenvalue weighted by molar-refractivity contribution is 5.95. The van der Waals surface area contributed by atoms with Crippen molar-refractivity contribution < 1.29 is 24.3 Å². The van der Waals surface area contributed by atoms with Gasteiger partial charge in [-0.1, -0.05) is 0 Å². The summed E-state index contributed by atoms with van der Waals surface area (Å²) in [6.07, 6.45) is 4.36. The number of nitrogens with zero attached hydrogens (tertiary/aromatic N) is 4. The van der Waals surface area contributed by atoms with Crippen LogP contribution in [-0.4, -0.2) is 99.8 Å². The average Bonchev–Trinajstić information content (AvgIpc) is 3.54. The van der Waals surface area contributed by atoms with E-state index >= 15 is 0 Å². The van der Waals surface area contributed by atoms with Crippen LogP contribution < -0.4 is 17.2 Å². The Balaban J connectivity index is 1.63. The van der Waals surface area contributed by atoms with Gasteiger partial charge in [0.25, 0.3) is 0 Å². The van der Waals surface area contributed by atoms with Crippen LogP contribution in [0.15, 0.2) is 4.99 Å². The molecule has 3 saturated heterocycles. The number of carboxylic acid groups (broad SMARTS) is 1. The fourth-order valence-electron chi connectivity index (χ4n) is 5.10. The van der Waals surface area contributed by atoms with E-state index in [2.05, 4.69) is 4.99 Å². The molecule has 12 nitrogen and oxygen atoms in total. The fraction of sp³-hybridized carbons (Fsp3) is 0.762. The first-order chi connectivity index (χ1) is 15.7. The summed E-state index contributed by atoms with van der Waals surface area (Å²) in [4.78, 5) is 59.4. The van der Waals surface area contributed by atoms with Crippen molar-refractivity contribution in [1.82, 2.24) is 14.7 Å². The van der Waals surface area contributed by atoms with E-state index < -0.39 is 30.1 Å². The molecule has 7 N–H and O–H groups in total. The van der Waals surface area contributed by atoms with E-state index in [9.17, 15) is 24.3 Å². The number of aliphatic imine (C=N–C) groups is 1. The molecule has 3 aliphatic heterocycles. The molecule has 0 radical (unpaired) electrons. The summed E-state index contributed by atoms with van der Waals surface area (Å²) in [5.74, 6) is -1.88. The Labute approximate surface area is 193 Å². The maximum Gasteiger partial charge on any atom is 0.326 e. The minimum absolute atomic E-state index is 0.0154. The SMILES string of the molecule is NC(N)=NCCCC(N)C(=O)N1CCCC1C(=O)N1CCCC1C(=O)N1CCCC1C(=O)O. The molecule has 184 valence electrons. The highest BCUT2D eigenvalue weighted by Gasteiger charge is 2.45. The Hall–Kier alpha value is -2.89. The molecule has 0 aliphatic carbocycles. The Morgan fingerprint density at radius 2 is 1.33 bits per heavy atom. The topological polar surface area (TPSA) is 189 Å². The van der Waals surface area contributed by atoms with Gasteiger partial charge in [0.05, 0.1) is 6.04 Å². The standard InChI is InChI=1S/C21H35N7O5/c22-13(5-1-9-25-21(23)24)17(29)26-10-2-6-14(26)18(30)27-11-3-7-15(27)19(31)28-12-4-8-16(28)20(32)33/h13-16H,1-12,22H2,(H,32,33)(H4,23,24,25). The van der Waals surface area contributed by atoms with E-state index in [-0.39, 0.29) is 23.7 Å². The summed E-state index contributed by atoms with van der Waals surface area (Å²) in [5.41, 5.74) is 16.7. The zero-order chi connectivity index (χ0) is 24.1. The third-order valence-electron chi connectivity index (χ3n) is 6.75. The molecule has 3 fully saturated rings. The lowest BCUT2D eigenvalue weighted by Gasteiger charge is -2.34. The lowest BCUT2D eigenvalue weighted by molar-refractivity contribution is -0.153. The predicted octanol–water partition coefficient (Wildman–Crippen LogP) is -1.58. The molecule has 0 saturated carbocycles. The summed E-state index contributed by atoms with van der Waals surface area (Å²) in [6, 6.07) is -2.92. The number of carbonyl (C=O) groups is 4. The van der Waals surface area contributed by atoms with Crippen LogP contribution in [0.25, 0.3) is 0 Å². The van der Waals surface area contributed by atoms with Crippen molar-refractivity contribution >= 4 is 29.7 Å². The molecular weight excluding hydrogens is 430 g/mol. The maximum atomic E-state index is 13.4. The van der Waals surface area contributed by atoms with Gasteiger partial charge in [-0.3, -0.25) is 19.4 Å². The van der Waals surface area contributed by atoms with Crippen LogP contribution in [0.3, 0.4) is 0 Å². The molecule has 0 aromatic heterocycles. The van der Waals surface area contributed by atoms with E-state index in [0.717, 1.165) is 0 Å². The Bertz CT molecular complexity index is 800. The number of guanidine groups is 1. The Morgan fingerprint density at radius 3 is 1.88 bits per heavy atom. The molecular formula is C21H35N7O5. The highest BCUT2D eigenvalue weighted by Crippen LogP contribution is 2.28. The van der Waals surface area contributed by atoms with Gasteiger partial charge in [-0.2, -0.15) is 0 Å². The normalized spacial score (nSPS) is 25.8. The number of aliphatic carboxylic acids is 1.